The summed E-state index contributed by atoms with van der Waals surface area (Å²) in [6.45, 7) is 0. The summed E-state index contributed by atoms with van der Waals surface area (Å²) in [7, 11) is 2.18. The Morgan fingerprint density at radius 2 is 1.30 bits per heavy atom. The molecule has 0 unspecified atom stereocenters. The zero-order chi connectivity index (χ0) is 15.4. The number of hydrogen-bond acceptors (Lipinski definition) is 1. The van der Waals surface area contributed by atoms with Gasteiger partial charge in [-0.25, -0.2) is 0 Å². The summed E-state index contributed by atoms with van der Waals surface area (Å²) in [5, 5.41) is 1.33. The fourth-order valence-corrected chi connectivity index (χ4v) is 4.70. The van der Waals surface area contributed by atoms with Gasteiger partial charge in [-0.1, -0.05) is 66.4 Å². The monoisotopic (exact) mass is 313 g/mol. The van der Waals surface area contributed by atoms with Crippen LogP contribution in [0.5, 0.6) is 0 Å². The zero-order valence-corrected chi connectivity index (χ0v) is 13.6. The topological polar surface area (TPSA) is 4.93 Å². The molecule has 1 aromatic heterocycles. The molecule has 1 nitrogen and oxygen atoms in total. The minimum Gasteiger partial charge on any atom is -0.343 e. The maximum atomic E-state index is 2.34. The lowest BCUT2D eigenvalue weighted by atomic mass is 9.98. The summed E-state index contributed by atoms with van der Waals surface area (Å²) < 4.78 is 2.34. The molecule has 4 aromatic rings. The Hall–Kier alpha value is -2.45. The van der Waals surface area contributed by atoms with Gasteiger partial charge in [-0.3, -0.25) is 0 Å². The molecule has 0 fully saturated rings. The molecule has 0 spiro atoms. The standard InChI is InChI=1S/C21H15NS/c1-22-17-11-5-2-8-14(17)20-15-9-3-6-12-18(15)23-19-13-7-4-10-16(19)21(20)22/h2-13H,1H3. The number of benzene rings is 3. The van der Waals surface area contributed by atoms with Crippen LogP contribution in [0, 0.1) is 0 Å². The maximum Gasteiger partial charge on any atom is 0.0580 e. The van der Waals surface area contributed by atoms with Gasteiger partial charge in [0.15, 0.2) is 0 Å². The first-order valence-corrected chi connectivity index (χ1v) is 8.60. The van der Waals surface area contributed by atoms with E-state index < -0.39 is 0 Å². The van der Waals surface area contributed by atoms with Gasteiger partial charge in [0.25, 0.3) is 0 Å². The van der Waals surface area contributed by atoms with Crippen molar-refractivity contribution in [1.29, 1.82) is 0 Å². The van der Waals surface area contributed by atoms with E-state index >= 15 is 0 Å². The average molecular weight is 313 g/mol. The van der Waals surface area contributed by atoms with E-state index in [1.54, 1.807) is 0 Å². The van der Waals surface area contributed by atoms with E-state index in [1.807, 2.05) is 11.8 Å². The largest absolute Gasteiger partial charge is 0.343 e. The summed E-state index contributed by atoms with van der Waals surface area (Å²) in [4.78, 5) is 2.65. The Morgan fingerprint density at radius 3 is 2.13 bits per heavy atom. The van der Waals surface area contributed by atoms with Gasteiger partial charge in [0, 0.05) is 38.9 Å². The molecule has 5 rings (SSSR count). The van der Waals surface area contributed by atoms with Crippen LogP contribution in [-0.4, -0.2) is 4.57 Å². The van der Waals surface area contributed by atoms with Crippen molar-refractivity contribution in [2.75, 3.05) is 0 Å². The summed E-state index contributed by atoms with van der Waals surface area (Å²) in [6, 6.07) is 26.2. The van der Waals surface area contributed by atoms with Crippen molar-refractivity contribution >= 4 is 22.7 Å². The van der Waals surface area contributed by atoms with E-state index in [2.05, 4.69) is 84.4 Å². The number of hydrogen-bond donors (Lipinski definition) is 0. The molecule has 3 aromatic carbocycles. The third-order valence-corrected chi connectivity index (χ3v) is 5.78. The lowest BCUT2D eigenvalue weighted by molar-refractivity contribution is 0.975. The minimum absolute atomic E-state index is 1.29. The third kappa shape index (κ3) is 1.76. The van der Waals surface area contributed by atoms with E-state index in [-0.39, 0.29) is 0 Å². The predicted molar refractivity (Wildman–Crippen MR) is 97.9 cm³/mol. The van der Waals surface area contributed by atoms with Crippen LogP contribution < -0.4 is 0 Å². The van der Waals surface area contributed by atoms with Crippen molar-refractivity contribution in [2.24, 2.45) is 7.05 Å². The van der Waals surface area contributed by atoms with Crippen LogP contribution in [0.25, 0.3) is 33.3 Å². The smallest absolute Gasteiger partial charge is 0.0580 e. The lowest BCUT2D eigenvalue weighted by Crippen LogP contribution is -1.92. The van der Waals surface area contributed by atoms with Gasteiger partial charge in [0.2, 0.25) is 0 Å². The third-order valence-electron chi connectivity index (χ3n) is 4.63. The van der Waals surface area contributed by atoms with Crippen LogP contribution in [0.4, 0.5) is 0 Å². The van der Waals surface area contributed by atoms with Gasteiger partial charge in [-0.05, 0) is 23.8 Å². The van der Waals surface area contributed by atoms with E-state index in [0.29, 0.717) is 0 Å². The highest BCUT2D eigenvalue weighted by molar-refractivity contribution is 7.99. The van der Waals surface area contributed by atoms with E-state index in [9.17, 15) is 0 Å². The Balaban J connectivity index is 2.04. The number of para-hydroxylation sites is 1. The average Bonchev–Trinajstić information content (AvgIpc) is 2.80. The highest BCUT2D eigenvalue weighted by Crippen LogP contribution is 2.50. The van der Waals surface area contributed by atoms with E-state index in [0.717, 1.165) is 0 Å². The highest BCUT2D eigenvalue weighted by Gasteiger charge is 2.25. The summed E-state index contributed by atoms with van der Waals surface area (Å²) in [5.74, 6) is 0. The van der Waals surface area contributed by atoms with Crippen molar-refractivity contribution in [3.8, 4) is 22.4 Å². The first-order valence-electron chi connectivity index (χ1n) is 7.78. The minimum atomic E-state index is 1.29. The lowest BCUT2D eigenvalue weighted by Gasteiger charge is -2.08. The van der Waals surface area contributed by atoms with Gasteiger partial charge in [0.05, 0.1) is 5.69 Å². The van der Waals surface area contributed by atoms with Crippen LogP contribution >= 0.6 is 11.8 Å². The number of fused-ring (bicyclic) bond motifs is 7. The van der Waals surface area contributed by atoms with Crippen LogP contribution in [0.15, 0.2) is 82.6 Å². The van der Waals surface area contributed by atoms with Crippen LogP contribution in [-0.2, 0) is 7.05 Å². The molecule has 0 radical (unpaired) electrons. The van der Waals surface area contributed by atoms with E-state index in [1.165, 1.54) is 43.1 Å². The van der Waals surface area contributed by atoms with Gasteiger partial charge >= 0.3 is 0 Å². The Labute approximate surface area is 139 Å². The Morgan fingerprint density at radius 1 is 0.696 bits per heavy atom. The van der Waals surface area contributed by atoms with Crippen LogP contribution in [0.3, 0.4) is 0 Å². The molecule has 0 N–H and O–H groups in total. The second-order valence-corrected chi connectivity index (χ2v) is 6.98. The van der Waals surface area contributed by atoms with Gasteiger partial charge < -0.3 is 4.57 Å². The molecule has 1 aliphatic heterocycles. The molecule has 0 bridgehead atoms. The van der Waals surface area contributed by atoms with Crippen LogP contribution in [0.2, 0.25) is 0 Å². The second-order valence-electron chi connectivity index (χ2n) is 5.89. The fraction of sp³-hybridized carbons (Fsp3) is 0.0476. The predicted octanol–water partition coefficient (Wildman–Crippen LogP) is 5.98. The molecule has 0 amide bonds. The van der Waals surface area contributed by atoms with Gasteiger partial charge in [0.1, 0.15) is 0 Å². The molecule has 0 atom stereocenters. The van der Waals surface area contributed by atoms with Crippen molar-refractivity contribution in [2.45, 2.75) is 9.79 Å². The number of rotatable bonds is 0. The Kier molecular flexibility index (Phi) is 2.70. The number of aryl methyl sites for hydroxylation is 1. The quantitative estimate of drug-likeness (QED) is 0.340. The first-order chi connectivity index (χ1) is 11.3. The molecule has 2 heteroatoms. The first kappa shape index (κ1) is 13.0. The molecular weight excluding hydrogens is 298 g/mol. The summed E-state index contributed by atoms with van der Waals surface area (Å²) in [6.07, 6.45) is 0. The van der Waals surface area contributed by atoms with Crippen LogP contribution in [0.1, 0.15) is 0 Å². The molecule has 0 aliphatic carbocycles. The highest BCUT2D eigenvalue weighted by atomic mass is 32.2. The summed E-state index contributed by atoms with van der Waals surface area (Å²) >= 11 is 1.87. The van der Waals surface area contributed by atoms with Gasteiger partial charge in [-0.2, -0.15) is 0 Å². The fourth-order valence-electron chi connectivity index (χ4n) is 3.61. The van der Waals surface area contributed by atoms with Crippen molar-refractivity contribution in [3.63, 3.8) is 0 Å². The molecule has 2 heterocycles. The zero-order valence-electron chi connectivity index (χ0n) is 12.8. The van der Waals surface area contributed by atoms with Crippen molar-refractivity contribution < 1.29 is 0 Å². The summed E-state index contributed by atoms with van der Waals surface area (Å²) in [5.41, 5.74) is 6.62. The van der Waals surface area contributed by atoms with Crippen molar-refractivity contribution in [1.82, 2.24) is 4.57 Å². The number of aromatic nitrogens is 1. The molecule has 0 saturated carbocycles. The molecular formula is C21H15NS. The second kappa shape index (κ2) is 4.77. The van der Waals surface area contributed by atoms with Crippen molar-refractivity contribution in [3.05, 3.63) is 72.8 Å². The number of nitrogens with zero attached hydrogens (tertiary/aromatic N) is 1. The molecule has 110 valence electrons. The molecule has 0 saturated heterocycles. The van der Waals surface area contributed by atoms with E-state index in [4.69, 9.17) is 0 Å². The SMILES string of the molecule is Cn1c2c(c3ccccc31)-c1ccccc1Sc1ccccc1-2. The van der Waals surface area contributed by atoms with Gasteiger partial charge in [-0.15, -0.1) is 0 Å². The molecule has 23 heavy (non-hydrogen) atoms. The Bertz CT molecular complexity index is 1060. The molecule has 1 aliphatic rings. The normalized spacial score (nSPS) is 12.4. The maximum absolute atomic E-state index is 2.34.